The molecular weight excluding hydrogens is 198 g/mol. The minimum atomic E-state index is 0.752. The fraction of sp³-hybridized carbons (Fsp3) is 0.692. The molecule has 90 valence electrons. The summed E-state index contributed by atoms with van der Waals surface area (Å²) in [6.45, 7) is 3.45. The summed E-state index contributed by atoms with van der Waals surface area (Å²) < 4.78 is 0. The number of nitrogens with zero attached hydrogens (tertiary/aromatic N) is 1. The van der Waals surface area contributed by atoms with Crippen LogP contribution in [0.2, 0.25) is 0 Å². The van der Waals surface area contributed by atoms with Gasteiger partial charge in [-0.25, -0.2) is 0 Å². The van der Waals surface area contributed by atoms with Crippen molar-refractivity contribution in [3.63, 3.8) is 0 Å². The normalized spacial score (nSPS) is 21.5. The third kappa shape index (κ3) is 3.65. The molecule has 0 aliphatic carbocycles. The number of aromatic amines is 1. The lowest BCUT2D eigenvalue weighted by molar-refractivity contribution is 0.282. The summed E-state index contributed by atoms with van der Waals surface area (Å²) in [4.78, 5) is 5.50. The van der Waals surface area contributed by atoms with Crippen LogP contribution in [0.4, 0.5) is 0 Å². The average molecular weight is 221 g/mol. The number of rotatable bonds is 5. The first-order chi connectivity index (χ1) is 7.84. The molecule has 0 bridgehead atoms. The van der Waals surface area contributed by atoms with Gasteiger partial charge < -0.3 is 15.2 Å². The Morgan fingerprint density at radius 3 is 3.06 bits per heavy atom. The van der Waals surface area contributed by atoms with Crippen LogP contribution in [0.3, 0.4) is 0 Å². The Kier molecular flexibility index (Phi) is 4.43. The number of piperidine rings is 1. The molecule has 1 aliphatic heterocycles. The SMILES string of the molecule is CN(CCC1CCCCN1)Cc1cc[nH]c1. The van der Waals surface area contributed by atoms with Gasteiger partial charge in [-0.15, -0.1) is 0 Å². The molecule has 1 unspecified atom stereocenters. The van der Waals surface area contributed by atoms with Gasteiger partial charge in [0.2, 0.25) is 0 Å². The van der Waals surface area contributed by atoms with Gasteiger partial charge in [-0.05, 0) is 51.0 Å². The number of hydrogen-bond acceptors (Lipinski definition) is 2. The quantitative estimate of drug-likeness (QED) is 0.796. The van der Waals surface area contributed by atoms with E-state index in [9.17, 15) is 0 Å². The van der Waals surface area contributed by atoms with Crippen LogP contribution in [0, 0.1) is 0 Å². The van der Waals surface area contributed by atoms with E-state index in [1.165, 1.54) is 44.3 Å². The summed E-state index contributed by atoms with van der Waals surface area (Å²) in [6, 6.07) is 2.90. The van der Waals surface area contributed by atoms with E-state index >= 15 is 0 Å². The molecule has 0 saturated carbocycles. The molecule has 3 nitrogen and oxygen atoms in total. The Labute approximate surface area is 98.2 Å². The first kappa shape index (κ1) is 11.7. The molecular formula is C13H23N3. The van der Waals surface area contributed by atoms with Gasteiger partial charge in [-0.1, -0.05) is 6.42 Å². The molecule has 2 N–H and O–H groups in total. The lowest BCUT2D eigenvalue weighted by Gasteiger charge is -2.25. The molecule has 2 heterocycles. The monoisotopic (exact) mass is 221 g/mol. The maximum Gasteiger partial charge on any atom is 0.0245 e. The van der Waals surface area contributed by atoms with Gasteiger partial charge in [0.25, 0.3) is 0 Å². The van der Waals surface area contributed by atoms with Crippen molar-refractivity contribution in [3.05, 3.63) is 24.0 Å². The molecule has 1 atom stereocenters. The van der Waals surface area contributed by atoms with E-state index in [-0.39, 0.29) is 0 Å². The summed E-state index contributed by atoms with van der Waals surface area (Å²) in [5.41, 5.74) is 1.37. The zero-order chi connectivity index (χ0) is 11.2. The molecule has 0 radical (unpaired) electrons. The number of H-pyrrole nitrogens is 1. The molecule has 0 aromatic carbocycles. The molecule has 0 amide bonds. The highest BCUT2D eigenvalue weighted by Crippen LogP contribution is 2.11. The summed E-state index contributed by atoms with van der Waals surface area (Å²) in [7, 11) is 2.20. The molecule has 16 heavy (non-hydrogen) atoms. The third-order valence-electron chi connectivity index (χ3n) is 3.39. The largest absolute Gasteiger partial charge is 0.367 e. The van der Waals surface area contributed by atoms with E-state index in [1.54, 1.807) is 0 Å². The molecule has 1 saturated heterocycles. The van der Waals surface area contributed by atoms with E-state index in [0.29, 0.717) is 0 Å². The number of nitrogens with one attached hydrogen (secondary N) is 2. The second-order valence-corrected chi connectivity index (χ2v) is 4.89. The lowest BCUT2D eigenvalue weighted by atomic mass is 10.0. The summed E-state index contributed by atoms with van der Waals surface area (Å²) in [5.74, 6) is 0. The molecule has 0 spiro atoms. The van der Waals surface area contributed by atoms with E-state index in [4.69, 9.17) is 0 Å². The summed E-state index contributed by atoms with van der Waals surface area (Å²) in [5, 5.41) is 3.60. The minimum absolute atomic E-state index is 0.752. The molecule has 2 rings (SSSR count). The van der Waals surface area contributed by atoms with Crippen molar-refractivity contribution in [2.75, 3.05) is 20.1 Å². The van der Waals surface area contributed by atoms with E-state index < -0.39 is 0 Å². The lowest BCUT2D eigenvalue weighted by Crippen LogP contribution is -2.36. The second kappa shape index (κ2) is 6.06. The van der Waals surface area contributed by atoms with Gasteiger partial charge >= 0.3 is 0 Å². The predicted octanol–water partition coefficient (Wildman–Crippen LogP) is 1.98. The van der Waals surface area contributed by atoms with E-state index in [2.05, 4.69) is 34.5 Å². The van der Waals surface area contributed by atoms with Crippen molar-refractivity contribution >= 4 is 0 Å². The van der Waals surface area contributed by atoms with Gasteiger partial charge in [-0.3, -0.25) is 0 Å². The van der Waals surface area contributed by atoms with Crippen LogP contribution < -0.4 is 5.32 Å². The number of aromatic nitrogens is 1. The van der Waals surface area contributed by atoms with Crippen LogP contribution >= 0.6 is 0 Å². The van der Waals surface area contributed by atoms with Crippen LogP contribution in [0.15, 0.2) is 18.5 Å². The van der Waals surface area contributed by atoms with Crippen LogP contribution in [0.5, 0.6) is 0 Å². The van der Waals surface area contributed by atoms with Gasteiger partial charge in [0.15, 0.2) is 0 Å². The molecule has 1 fully saturated rings. The third-order valence-corrected chi connectivity index (χ3v) is 3.39. The van der Waals surface area contributed by atoms with Gasteiger partial charge in [0.05, 0.1) is 0 Å². The summed E-state index contributed by atoms with van der Waals surface area (Å²) in [6.07, 6.45) is 9.47. The van der Waals surface area contributed by atoms with Crippen LogP contribution in [-0.2, 0) is 6.54 Å². The average Bonchev–Trinajstić information content (AvgIpc) is 2.81. The van der Waals surface area contributed by atoms with Crippen molar-refractivity contribution in [3.8, 4) is 0 Å². The van der Waals surface area contributed by atoms with Crippen molar-refractivity contribution in [1.29, 1.82) is 0 Å². The Morgan fingerprint density at radius 1 is 1.44 bits per heavy atom. The molecule has 1 aliphatic rings. The fourth-order valence-corrected chi connectivity index (χ4v) is 2.39. The summed E-state index contributed by atoms with van der Waals surface area (Å²) >= 11 is 0. The van der Waals surface area contributed by atoms with Crippen molar-refractivity contribution < 1.29 is 0 Å². The Hall–Kier alpha value is -0.800. The van der Waals surface area contributed by atoms with Gasteiger partial charge in [0.1, 0.15) is 0 Å². The maximum absolute atomic E-state index is 3.60. The fourth-order valence-electron chi connectivity index (χ4n) is 2.39. The highest BCUT2D eigenvalue weighted by atomic mass is 15.1. The van der Waals surface area contributed by atoms with E-state index in [1.807, 2.05) is 6.20 Å². The van der Waals surface area contributed by atoms with Crippen LogP contribution in [-0.4, -0.2) is 36.1 Å². The van der Waals surface area contributed by atoms with Crippen LogP contribution in [0.25, 0.3) is 0 Å². The van der Waals surface area contributed by atoms with Crippen molar-refractivity contribution in [1.82, 2.24) is 15.2 Å². The molecule has 3 heteroatoms. The van der Waals surface area contributed by atoms with Crippen LogP contribution in [0.1, 0.15) is 31.2 Å². The van der Waals surface area contributed by atoms with Gasteiger partial charge in [0, 0.05) is 25.0 Å². The second-order valence-electron chi connectivity index (χ2n) is 4.89. The zero-order valence-corrected chi connectivity index (χ0v) is 10.2. The maximum atomic E-state index is 3.60. The molecule has 1 aromatic rings. The first-order valence-corrected chi connectivity index (χ1v) is 6.38. The number of hydrogen-bond donors (Lipinski definition) is 2. The highest BCUT2D eigenvalue weighted by Gasteiger charge is 2.12. The minimum Gasteiger partial charge on any atom is -0.367 e. The predicted molar refractivity (Wildman–Crippen MR) is 67.4 cm³/mol. The first-order valence-electron chi connectivity index (χ1n) is 6.38. The Bertz CT molecular complexity index is 275. The standard InChI is InChI=1S/C13H23N3/c1-16(11-12-5-8-14-10-12)9-6-13-4-2-3-7-15-13/h5,8,10,13-15H,2-4,6-7,9,11H2,1H3. The Balaban J connectivity index is 1.65. The smallest absolute Gasteiger partial charge is 0.0245 e. The molecule has 1 aromatic heterocycles. The topological polar surface area (TPSA) is 31.1 Å². The van der Waals surface area contributed by atoms with Crippen molar-refractivity contribution in [2.45, 2.75) is 38.3 Å². The van der Waals surface area contributed by atoms with E-state index in [0.717, 1.165) is 12.6 Å². The highest BCUT2D eigenvalue weighted by molar-refractivity contribution is 5.07. The Morgan fingerprint density at radius 2 is 2.38 bits per heavy atom. The van der Waals surface area contributed by atoms with Gasteiger partial charge in [-0.2, -0.15) is 0 Å². The van der Waals surface area contributed by atoms with Crippen molar-refractivity contribution in [2.24, 2.45) is 0 Å². The zero-order valence-electron chi connectivity index (χ0n) is 10.2.